The molecular formula is C20H18FN3O4. The number of aryl methyl sites for hydroxylation is 1. The van der Waals surface area contributed by atoms with Crippen molar-refractivity contribution < 1.29 is 23.5 Å². The smallest absolute Gasteiger partial charge is 0.325 e. The Labute approximate surface area is 160 Å². The van der Waals surface area contributed by atoms with Gasteiger partial charge in [0.2, 0.25) is 5.91 Å². The van der Waals surface area contributed by atoms with Gasteiger partial charge in [-0.05, 0) is 30.7 Å². The quantitative estimate of drug-likeness (QED) is 0.797. The summed E-state index contributed by atoms with van der Waals surface area (Å²) in [6.07, 6.45) is 0.274. The third-order valence-corrected chi connectivity index (χ3v) is 5.03. The molecule has 7 nitrogen and oxygen atoms in total. The fourth-order valence-electron chi connectivity index (χ4n) is 3.58. The molecule has 8 heteroatoms. The average molecular weight is 383 g/mol. The largest absolute Gasteiger partial charge is 0.493 e. The van der Waals surface area contributed by atoms with Crippen molar-refractivity contribution in [3.05, 3.63) is 59.4 Å². The number of para-hydroxylation sites is 1. The van der Waals surface area contributed by atoms with Gasteiger partial charge < -0.3 is 15.4 Å². The highest BCUT2D eigenvalue weighted by Crippen LogP contribution is 2.40. The first kappa shape index (κ1) is 18.0. The van der Waals surface area contributed by atoms with Crippen LogP contribution in [0.15, 0.2) is 42.5 Å². The van der Waals surface area contributed by atoms with Crippen LogP contribution < -0.4 is 15.4 Å². The number of nitrogens with zero attached hydrogens (tertiary/aromatic N) is 1. The Kier molecular flexibility index (Phi) is 4.26. The maximum absolute atomic E-state index is 13.4. The van der Waals surface area contributed by atoms with Gasteiger partial charge in [-0.1, -0.05) is 24.3 Å². The van der Waals surface area contributed by atoms with Crippen LogP contribution in [0.25, 0.3) is 0 Å². The van der Waals surface area contributed by atoms with Gasteiger partial charge in [0.05, 0.1) is 6.61 Å². The molecule has 1 saturated heterocycles. The van der Waals surface area contributed by atoms with E-state index in [1.54, 1.807) is 31.2 Å². The lowest BCUT2D eigenvalue weighted by Gasteiger charge is -2.33. The van der Waals surface area contributed by atoms with Crippen LogP contribution in [-0.4, -0.2) is 35.9 Å². The SMILES string of the molecule is Cc1ccc(F)cc1NC(=O)CN1C(=O)N[C@@]2(CCOc3ccccc32)C1=O. The van der Waals surface area contributed by atoms with Gasteiger partial charge in [-0.3, -0.25) is 14.5 Å². The molecule has 0 aromatic heterocycles. The molecule has 1 fully saturated rings. The van der Waals surface area contributed by atoms with Gasteiger partial charge in [-0.2, -0.15) is 0 Å². The van der Waals surface area contributed by atoms with Crippen LogP contribution in [0.1, 0.15) is 17.5 Å². The monoisotopic (exact) mass is 383 g/mol. The van der Waals surface area contributed by atoms with E-state index in [1.807, 2.05) is 0 Å². The number of benzene rings is 2. The zero-order chi connectivity index (χ0) is 19.9. The van der Waals surface area contributed by atoms with E-state index in [-0.39, 0.29) is 13.0 Å². The molecule has 0 aliphatic carbocycles. The molecule has 0 radical (unpaired) electrons. The summed E-state index contributed by atoms with van der Waals surface area (Å²) in [5, 5.41) is 5.28. The minimum atomic E-state index is -1.24. The van der Waals surface area contributed by atoms with E-state index in [2.05, 4.69) is 10.6 Å². The Morgan fingerprint density at radius 1 is 1.29 bits per heavy atom. The molecule has 4 amide bonds. The molecule has 28 heavy (non-hydrogen) atoms. The summed E-state index contributed by atoms with van der Waals surface area (Å²) in [5.41, 5.74) is 0.300. The standard InChI is InChI=1S/C20H18FN3O4/c1-12-6-7-13(21)10-15(12)22-17(25)11-24-18(26)20(23-19(24)27)8-9-28-16-5-3-2-4-14(16)20/h2-7,10H,8-9,11H2,1H3,(H,22,25)(H,23,27)/t20-/m1/s1. The maximum Gasteiger partial charge on any atom is 0.325 e. The Balaban J connectivity index is 1.56. The van der Waals surface area contributed by atoms with Gasteiger partial charge in [0.15, 0.2) is 5.54 Å². The van der Waals surface area contributed by atoms with Crippen molar-refractivity contribution in [1.82, 2.24) is 10.2 Å². The van der Waals surface area contributed by atoms with Crippen molar-refractivity contribution in [2.24, 2.45) is 0 Å². The van der Waals surface area contributed by atoms with Crippen molar-refractivity contribution in [3.63, 3.8) is 0 Å². The summed E-state index contributed by atoms with van der Waals surface area (Å²) >= 11 is 0. The van der Waals surface area contributed by atoms with Gasteiger partial charge in [0.1, 0.15) is 18.1 Å². The number of nitrogens with one attached hydrogen (secondary N) is 2. The molecule has 0 unspecified atom stereocenters. The normalized spacial score (nSPS) is 20.6. The predicted molar refractivity (Wildman–Crippen MR) is 98.2 cm³/mol. The second-order valence-corrected chi connectivity index (χ2v) is 6.83. The summed E-state index contributed by atoms with van der Waals surface area (Å²) in [4.78, 5) is 38.9. The first-order valence-electron chi connectivity index (χ1n) is 8.83. The zero-order valence-electron chi connectivity index (χ0n) is 15.1. The molecule has 2 aliphatic rings. The molecule has 2 aromatic carbocycles. The Morgan fingerprint density at radius 2 is 2.07 bits per heavy atom. The van der Waals surface area contributed by atoms with E-state index in [0.29, 0.717) is 22.6 Å². The Bertz CT molecular complexity index is 993. The number of carbonyl (C=O) groups excluding carboxylic acids is 3. The highest BCUT2D eigenvalue weighted by Gasteiger charge is 2.55. The zero-order valence-corrected chi connectivity index (χ0v) is 15.1. The molecule has 2 aromatic rings. The van der Waals surface area contributed by atoms with Gasteiger partial charge in [0, 0.05) is 17.7 Å². The van der Waals surface area contributed by atoms with E-state index >= 15 is 0 Å². The molecule has 1 spiro atoms. The third kappa shape index (κ3) is 2.87. The topological polar surface area (TPSA) is 87.7 Å². The number of rotatable bonds is 3. The summed E-state index contributed by atoms with van der Waals surface area (Å²) in [5.74, 6) is -1.05. The number of hydrogen-bond acceptors (Lipinski definition) is 4. The molecule has 0 bridgehead atoms. The number of imide groups is 1. The number of fused-ring (bicyclic) bond motifs is 2. The summed E-state index contributed by atoms with van der Waals surface area (Å²) in [6.45, 7) is 1.52. The number of halogens is 1. The number of hydrogen-bond donors (Lipinski definition) is 2. The van der Waals surface area contributed by atoms with Crippen LogP contribution in [0, 0.1) is 12.7 Å². The lowest BCUT2D eigenvalue weighted by Crippen LogP contribution is -2.48. The fourth-order valence-corrected chi connectivity index (χ4v) is 3.58. The highest BCUT2D eigenvalue weighted by atomic mass is 19.1. The lowest BCUT2D eigenvalue weighted by molar-refractivity contribution is -0.135. The van der Waals surface area contributed by atoms with Gasteiger partial charge in [-0.25, -0.2) is 9.18 Å². The maximum atomic E-state index is 13.4. The van der Waals surface area contributed by atoms with Crippen molar-refractivity contribution >= 4 is 23.5 Å². The first-order valence-corrected chi connectivity index (χ1v) is 8.83. The first-order chi connectivity index (χ1) is 13.4. The van der Waals surface area contributed by atoms with Crippen LogP contribution in [0.5, 0.6) is 5.75 Å². The van der Waals surface area contributed by atoms with E-state index in [4.69, 9.17) is 4.74 Å². The predicted octanol–water partition coefficient (Wildman–Crippen LogP) is 2.30. The summed E-state index contributed by atoms with van der Waals surface area (Å²) in [7, 11) is 0. The van der Waals surface area contributed by atoms with E-state index in [0.717, 1.165) is 4.90 Å². The van der Waals surface area contributed by atoms with Crippen LogP contribution >= 0.6 is 0 Å². The van der Waals surface area contributed by atoms with Crippen molar-refractivity contribution in [2.45, 2.75) is 18.9 Å². The van der Waals surface area contributed by atoms with Crippen LogP contribution in [-0.2, 0) is 15.1 Å². The molecule has 2 heterocycles. The average Bonchev–Trinajstić information content (AvgIpc) is 2.90. The minimum absolute atomic E-state index is 0.269. The molecular weight excluding hydrogens is 365 g/mol. The molecule has 4 rings (SSSR count). The van der Waals surface area contributed by atoms with E-state index in [9.17, 15) is 18.8 Å². The van der Waals surface area contributed by atoms with Crippen molar-refractivity contribution in [3.8, 4) is 5.75 Å². The van der Waals surface area contributed by atoms with Crippen molar-refractivity contribution in [1.29, 1.82) is 0 Å². The van der Waals surface area contributed by atoms with Crippen LogP contribution in [0.4, 0.5) is 14.9 Å². The molecule has 144 valence electrons. The number of carbonyl (C=O) groups is 3. The molecule has 2 aliphatic heterocycles. The second kappa shape index (κ2) is 6.63. The number of urea groups is 1. The minimum Gasteiger partial charge on any atom is -0.493 e. The second-order valence-electron chi connectivity index (χ2n) is 6.83. The molecule has 1 atom stereocenters. The van der Waals surface area contributed by atoms with E-state index in [1.165, 1.54) is 18.2 Å². The van der Waals surface area contributed by atoms with Crippen LogP contribution in [0.3, 0.4) is 0 Å². The summed E-state index contributed by atoms with van der Waals surface area (Å²) in [6, 6.07) is 10.4. The molecule has 0 saturated carbocycles. The van der Waals surface area contributed by atoms with Crippen molar-refractivity contribution in [2.75, 3.05) is 18.5 Å². The van der Waals surface area contributed by atoms with Gasteiger partial charge in [0.25, 0.3) is 5.91 Å². The van der Waals surface area contributed by atoms with E-state index < -0.39 is 35.7 Å². The highest BCUT2D eigenvalue weighted by molar-refractivity contribution is 6.10. The Morgan fingerprint density at radius 3 is 2.89 bits per heavy atom. The third-order valence-electron chi connectivity index (χ3n) is 5.03. The Hall–Kier alpha value is -3.42. The number of amides is 4. The van der Waals surface area contributed by atoms with Gasteiger partial charge >= 0.3 is 6.03 Å². The molecule has 2 N–H and O–H groups in total. The number of ether oxygens (including phenoxy) is 1. The van der Waals surface area contributed by atoms with Crippen LogP contribution in [0.2, 0.25) is 0 Å². The lowest BCUT2D eigenvalue weighted by atomic mass is 9.84. The fraction of sp³-hybridized carbons (Fsp3) is 0.250. The van der Waals surface area contributed by atoms with Gasteiger partial charge in [-0.15, -0.1) is 0 Å². The number of anilines is 1. The summed E-state index contributed by atoms with van der Waals surface area (Å²) < 4.78 is 19.0.